The molecule has 0 bridgehead atoms. The highest BCUT2D eigenvalue weighted by Gasteiger charge is 2.35. The molecule has 0 fully saturated rings. The van der Waals surface area contributed by atoms with Gasteiger partial charge >= 0.3 is 6.18 Å². The average Bonchev–Trinajstić information content (AvgIpc) is 2.69. The number of halogens is 3. The second-order valence-corrected chi connectivity index (χ2v) is 3.51. The zero-order valence-corrected chi connectivity index (χ0v) is 8.06. The van der Waals surface area contributed by atoms with E-state index >= 15 is 0 Å². The van der Waals surface area contributed by atoms with Gasteiger partial charge in [0.2, 0.25) is 0 Å². The first-order chi connectivity index (χ1) is 7.09. The van der Waals surface area contributed by atoms with Crippen LogP contribution in [0.3, 0.4) is 0 Å². The highest BCUT2D eigenvalue weighted by atomic mass is 32.1. The Morgan fingerprint density at radius 2 is 2.07 bits per heavy atom. The van der Waals surface area contributed by atoms with Gasteiger partial charge in [-0.1, -0.05) is 0 Å². The summed E-state index contributed by atoms with van der Waals surface area (Å²) in [4.78, 5) is 7.12. The first-order valence-corrected chi connectivity index (χ1v) is 4.75. The van der Waals surface area contributed by atoms with E-state index in [-0.39, 0.29) is 10.6 Å². The van der Waals surface area contributed by atoms with E-state index < -0.39 is 11.9 Å². The summed E-state index contributed by atoms with van der Waals surface area (Å²) < 4.78 is 37.6. The van der Waals surface area contributed by atoms with Crippen LogP contribution >= 0.6 is 11.3 Å². The van der Waals surface area contributed by atoms with Crippen molar-refractivity contribution < 1.29 is 13.2 Å². The number of hydrogen-bond donors (Lipinski definition) is 0. The molecule has 2 aromatic heterocycles. The van der Waals surface area contributed by atoms with Crippen molar-refractivity contribution in [3.8, 4) is 10.6 Å². The van der Waals surface area contributed by atoms with E-state index in [0.29, 0.717) is 0 Å². The monoisotopic (exact) mass is 229 g/mol. The molecule has 0 unspecified atom stereocenters. The van der Waals surface area contributed by atoms with Crippen LogP contribution in [-0.4, -0.2) is 9.97 Å². The minimum absolute atomic E-state index is 0.00347. The minimum Gasteiger partial charge on any atom is -0.251 e. The Morgan fingerprint density at radius 1 is 1.27 bits per heavy atom. The van der Waals surface area contributed by atoms with Crippen molar-refractivity contribution in [3.63, 3.8) is 0 Å². The summed E-state index contributed by atoms with van der Waals surface area (Å²) in [5.74, 6) is 0. The second kappa shape index (κ2) is 3.62. The van der Waals surface area contributed by atoms with Gasteiger partial charge < -0.3 is 0 Å². The quantitative estimate of drug-likeness (QED) is 0.751. The smallest absolute Gasteiger partial charge is 0.251 e. The molecule has 0 amide bonds. The lowest BCUT2D eigenvalue weighted by Crippen LogP contribution is -2.09. The van der Waals surface area contributed by atoms with E-state index in [9.17, 15) is 13.2 Å². The highest BCUT2D eigenvalue weighted by molar-refractivity contribution is 7.12. The molecular formula is C9H4F3N2S. The third-order valence-electron chi connectivity index (χ3n) is 1.70. The Bertz CT molecular complexity index is 451. The maximum absolute atomic E-state index is 12.5. The summed E-state index contributed by atoms with van der Waals surface area (Å²) in [6.07, 6.45) is -2.00. The lowest BCUT2D eigenvalue weighted by molar-refractivity contribution is -0.140. The molecule has 1 radical (unpaired) electrons. The molecule has 0 aromatic carbocycles. The third-order valence-corrected chi connectivity index (χ3v) is 2.44. The van der Waals surface area contributed by atoms with Gasteiger partial charge in [-0.05, 0) is 12.1 Å². The van der Waals surface area contributed by atoms with E-state index in [4.69, 9.17) is 0 Å². The van der Waals surface area contributed by atoms with E-state index in [1.807, 2.05) is 0 Å². The van der Waals surface area contributed by atoms with Gasteiger partial charge in [0.1, 0.15) is 5.01 Å². The summed E-state index contributed by atoms with van der Waals surface area (Å²) in [5.41, 5.74) is -0.912. The third kappa shape index (κ3) is 1.99. The van der Waals surface area contributed by atoms with Crippen molar-refractivity contribution in [2.75, 3.05) is 0 Å². The van der Waals surface area contributed by atoms with E-state index in [1.165, 1.54) is 18.3 Å². The standard InChI is InChI=1S/C9H4F3N2S/c10-9(11,12)7-6(2-1-3-13-7)8-14-4-5-15-8/h1-4H. The molecule has 15 heavy (non-hydrogen) atoms. The normalized spacial score (nSPS) is 11.7. The lowest BCUT2D eigenvalue weighted by atomic mass is 10.2. The van der Waals surface area contributed by atoms with Crippen molar-refractivity contribution >= 4 is 11.3 Å². The Morgan fingerprint density at radius 3 is 2.67 bits per heavy atom. The number of pyridine rings is 1. The number of nitrogens with zero attached hydrogens (tertiary/aromatic N) is 2. The Kier molecular flexibility index (Phi) is 2.44. The first kappa shape index (κ1) is 10.1. The maximum atomic E-state index is 12.5. The van der Waals surface area contributed by atoms with Crippen LogP contribution in [0.1, 0.15) is 5.69 Å². The van der Waals surface area contributed by atoms with Gasteiger partial charge in [0.25, 0.3) is 0 Å². The SMILES string of the molecule is FC(F)(F)c1ncccc1-c1nc[c]s1. The molecule has 2 aromatic rings. The number of rotatable bonds is 1. The fourth-order valence-corrected chi connectivity index (χ4v) is 1.72. The first-order valence-electron chi connectivity index (χ1n) is 3.93. The van der Waals surface area contributed by atoms with Crippen LogP contribution in [0.5, 0.6) is 0 Å². The molecule has 0 aliphatic rings. The topological polar surface area (TPSA) is 25.8 Å². The van der Waals surface area contributed by atoms with Crippen LogP contribution in [0.15, 0.2) is 24.5 Å². The van der Waals surface area contributed by atoms with Gasteiger partial charge in [-0.3, -0.25) is 4.98 Å². The molecular weight excluding hydrogens is 225 g/mol. The fraction of sp³-hybridized carbons (Fsp3) is 0.111. The molecule has 77 valence electrons. The number of aromatic nitrogens is 2. The lowest BCUT2D eigenvalue weighted by Gasteiger charge is -2.08. The van der Waals surface area contributed by atoms with Crippen molar-refractivity contribution in [1.82, 2.24) is 9.97 Å². The van der Waals surface area contributed by atoms with Gasteiger partial charge in [-0.15, -0.1) is 11.3 Å². The summed E-state index contributed by atoms with van der Waals surface area (Å²) in [6, 6.07) is 2.80. The molecule has 2 rings (SSSR count). The molecule has 0 saturated carbocycles. The summed E-state index contributed by atoms with van der Waals surface area (Å²) in [5, 5.41) is 2.92. The molecule has 0 aliphatic carbocycles. The zero-order valence-electron chi connectivity index (χ0n) is 7.25. The zero-order chi connectivity index (χ0) is 10.9. The summed E-state index contributed by atoms with van der Waals surface area (Å²) >= 11 is 1.03. The molecule has 0 atom stereocenters. The van der Waals surface area contributed by atoms with Crippen LogP contribution in [0, 0.1) is 5.38 Å². The van der Waals surface area contributed by atoms with Gasteiger partial charge in [0, 0.05) is 18.0 Å². The van der Waals surface area contributed by atoms with Gasteiger partial charge in [0.05, 0.1) is 5.38 Å². The predicted molar refractivity (Wildman–Crippen MR) is 49.2 cm³/mol. The van der Waals surface area contributed by atoms with Crippen molar-refractivity contribution in [2.24, 2.45) is 0 Å². The van der Waals surface area contributed by atoms with Crippen LogP contribution in [0.2, 0.25) is 0 Å². The number of hydrogen-bond acceptors (Lipinski definition) is 3. The van der Waals surface area contributed by atoms with E-state index in [2.05, 4.69) is 15.3 Å². The molecule has 0 N–H and O–H groups in total. The Hall–Kier alpha value is -1.43. The van der Waals surface area contributed by atoms with Gasteiger partial charge in [-0.25, -0.2) is 4.98 Å². The largest absolute Gasteiger partial charge is 0.434 e. The van der Waals surface area contributed by atoms with Crippen molar-refractivity contribution in [1.29, 1.82) is 0 Å². The second-order valence-electron chi connectivity index (χ2n) is 2.68. The van der Waals surface area contributed by atoms with Crippen LogP contribution in [0.25, 0.3) is 10.6 Å². The molecule has 0 aliphatic heterocycles. The number of thiazole rings is 1. The number of alkyl halides is 3. The predicted octanol–water partition coefficient (Wildman–Crippen LogP) is 3.02. The highest BCUT2D eigenvalue weighted by Crippen LogP contribution is 2.35. The van der Waals surface area contributed by atoms with E-state index in [0.717, 1.165) is 17.5 Å². The minimum atomic E-state index is -4.46. The molecule has 0 saturated heterocycles. The summed E-state index contributed by atoms with van der Waals surface area (Å²) in [7, 11) is 0. The molecule has 0 spiro atoms. The van der Waals surface area contributed by atoms with Crippen LogP contribution in [0.4, 0.5) is 13.2 Å². The Balaban J connectivity index is 2.58. The van der Waals surface area contributed by atoms with E-state index in [1.54, 1.807) is 0 Å². The maximum Gasteiger partial charge on any atom is 0.434 e. The van der Waals surface area contributed by atoms with Gasteiger partial charge in [-0.2, -0.15) is 13.2 Å². The Labute approximate surface area is 87.4 Å². The molecule has 6 heteroatoms. The molecule has 2 nitrogen and oxygen atoms in total. The van der Waals surface area contributed by atoms with Crippen molar-refractivity contribution in [3.05, 3.63) is 35.6 Å². The average molecular weight is 229 g/mol. The molecule has 2 heterocycles. The van der Waals surface area contributed by atoms with Crippen molar-refractivity contribution in [2.45, 2.75) is 6.18 Å². The fourth-order valence-electron chi connectivity index (χ4n) is 1.12. The van der Waals surface area contributed by atoms with Crippen LogP contribution in [-0.2, 0) is 6.18 Å². The summed E-state index contributed by atoms with van der Waals surface area (Å²) in [6.45, 7) is 0. The van der Waals surface area contributed by atoms with Gasteiger partial charge in [0.15, 0.2) is 5.69 Å². The van der Waals surface area contributed by atoms with Crippen LogP contribution < -0.4 is 0 Å².